The van der Waals surface area contributed by atoms with E-state index in [-0.39, 0.29) is 23.3 Å². The molecule has 2 amide bonds. The van der Waals surface area contributed by atoms with Crippen molar-refractivity contribution in [3.05, 3.63) is 40.0 Å². The molecule has 0 saturated carbocycles. The number of urea groups is 1. The van der Waals surface area contributed by atoms with Crippen molar-refractivity contribution in [2.45, 2.75) is 51.5 Å². The highest BCUT2D eigenvalue weighted by molar-refractivity contribution is 7.90. The zero-order valence-electron chi connectivity index (χ0n) is 17.2. The van der Waals surface area contributed by atoms with Crippen molar-refractivity contribution in [1.82, 2.24) is 14.5 Å². The lowest BCUT2D eigenvalue weighted by Crippen LogP contribution is -2.35. The van der Waals surface area contributed by atoms with Crippen molar-refractivity contribution >= 4 is 39.1 Å². The van der Waals surface area contributed by atoms with Crippen molar-refractivity contribution in [3.8, 4) is 0 Å². The van der Waals surface area contributed by atoms with E-state index in [4.69, 9.17) is 11.6 Å². The summed E-state index contributed by atoms with van der Waals surface area (Å²) in [5, 5.41) is 6.59. The van der Waals surface area contributed by atoms with Crippen LogP contribution in [-0.4, -0.2) is 30.0 Å². The number of aromatic nitrogens is 2. The molecular formula is C19H25ClN4O4S. The van der Waals surface area contributed by atoms with E-state index in [0.717, 1.165) is 21.9 Å². The van der Waals surface area contributed by atoms with Gasteiger partial charge in [-0.05, 0) is 35.1 Å². The number of ketones is 1. The second kappa shape index (κ2) is 8.54. The van der Waals surface area contributed by atoms with Gasteiger partial charge in [0, 0.05) is 30.7 Å². The maximum absolute atomic E-state index is 12.5. The quantitative estimate of drug-likeness (QED) is 0.659. The summed E-state index contributed by atoms with van der Waals surface area (Å²) in [5.74, 6) is -0.241. The minimum atomic E-state index is -4.26. The van der Waals surface area contributed by atoms with E-state index in [0.29, 0.717) is 10.7 Å². The highest BCUT2D eigenvalue weighted by atomic mass is 35.5. The maximum atomic E-state index is 12.5. The van der Waals surface area contributed by atoms with Crippen LogP contribution >= 0.6 is 11.6 Å². The normalized spacial score (nSPS) is 11.8. The minimum Gasteiger partial charge on any atom is -0.307 e. The molecule has 29 heavy (non-hydrogen) atoms. The number of rotatable bonds is 6. The molecule has 2 N–H and O–H groups in total. The van der Waals surface area contributed by atoms with Crippen LogP contribution in [0.3, 0.4) is 0 Å². The third-order valence-electron chi connectivity index (χ3n) is 4.37. The standard InChI is InChI=1S/C19H25ClN4O4S/c1-10(2)14-7-13(20)8-15(11(3)4)18(14)21-19(26)23-29(27,28)17-9-16(12(5)25)24(6)22-17/h7-11H,1-6H3,(H2,21,23,26). The Morgan fingerprint density at radius 2 is 1.59 bits per heavy atom. The number of carbonyl (C=O) groups is 2. The van der Waals surface area contributed by atoms with Crippen molar-refractivity contribution in [2.75, 3.05) is 5.32 Å². The molecule has 0 unspecified atom stereocenters. The Morgan fingerprint density at radius 3 is 2.00 bits per heavy atom. The summed E-state index contributed by atoms with van der Waals surface area (Å²) in [6, 6.07) is 3.70. The average Bonchev–Trinajstić information content (AvgIpc) is 2.98. The maximum Gasteiger partial charge on any atom is 0.333 e. The first-order chi connectivity index (χ1) is 13.3. The van der Waals surface area contributed by atoms with Crippen molar-refractivity contribution in [1.29, 1.82) is 0 Å². The lowest BCUT2D eigenvalue weighted by atomic mass is 9.92. The molecule has 8 nitrogen and oxygen atoms in total. The molecule has 0 radical (unpaired) electrons. The molecule has 10 heteroatoms. The summed E-state index contributed by atoms with van der Waals surface area (Å²) in [6.07, 6.45) is 0. The number of aryl methyl sites for hydroxylation is 1. The van der Waals surface area contributed by atoms with Crippen molar-refractivity contribution in [3.63, 3.8) is 0 Å². The molecule has 0 atom stereocenters. The SMILES string of the molecule is CC(=O)c1cc(S(=O)(=O)NC(=O)Nc2c(C(C)C)cc(Cl)cc2C(C)C)nn1C. The molecule has 1 aromatic carbocycles. The number of halogens is 1. The van der Waals surface area contributed by atoms with Crippen LogP contribution in [0.1, 0.15) is 68.1 Å². The molecule has 158 valence electrons. The molecular weight excluding hydrogens is 416 g/mol. The lowest BCUT2D eigenvalue weighted by Gasteiger charge is -2.21. The molecule has 0 spiro atoms. The van der Waals surface area contributed by atoms with Crippen LogP contribution in [0.15, 0.2) is 23.2 Å². The van der Waals surface area contributed by atoms with Crippen LogP contribution in [0.4, 0.5) is 10.5 Å². The summed E-state index contributed by atoms with van der Waals surface area (Å²) >= 11 is 6.21. The third-order valence-corrected chi connectivity index (χ3v) is 5.79. The molecule has 2 aromatic rings. The lowest BCUT2D eigenvalue weighted by molar-refractivity contribution is 0.100. The summed E-state index contributed by atoms with van der Waals surface area (Å²) in [6.45, 7) is 9.11. The number of nitrogens with one attached hydrogen (secondary N) is 2. The van der Waals surface area contributed by atoms with Crippen LogP contribution in [0.2, 0.25) is 5.02 Å². The molecule has 1 aromatic heterocycles. The van der Waals surface area contributed by atoms with Gasteiger partial charge in [-0.3, -0.25) is 9.48 Å². The molecule has 0 bridgehead atoms. The number of benzene rings is 1. The van der Waals surface area contributed by atoms with Gasteiger partial charge in [0.15, 0.2) is 10.8 Å². The summed E-state index contributed by atoms with van der Waals surface area (Å²) in [4.78, 5) is 24.1. The number of amides is 2. The van der Waals surface area contributed by atoms with E-state index in [1.807, 2.05) is 32.4 Å². The number of sulfonamides is 1. The van der Waals surface area contributed by atoms with E-state index in [1.165, 1.54) is 14.0 Å². The van der Waals surface area contributed by atoms with Gasteiger partial charge in [-0.2, -0.15) is 13.5 Å². The second-order valence-electron chi connectivity index (χ2n) is 7.38. The third kappa shape index (κ3) is 5.16. The number of anilines is 1. The van der Waals surface area contributed by atoms with E-state index in [2.05, 4.69) is 10.4 Å². The summed E-state index contributed by atoms with van der Waals surface area (Å²) in [5.41, 5.74) is 2.24. The fraction of sp³-hybridized carbons (Fsp3) is 0.421. The van der Waals surface area contributed by atoms with Crippen LogP contribution in [0.25, 0.3) is 0 Å². The first-order valence-corrected chi connectivity index (χ1v) is 10.9. The van der Waals surface area contributed by atoms with E-state index < -0.39 is 21.1 Å². The number of hydrogen-bond acceptors (Lipinski definition) is 5. The molecule has 1 heterocycles. The van der Waals surface area contributed by atoms with Gasteiger partial charge >= 0.3 is 6.03 Å². The zero-order valence-corrected chi connectivity index (χ0v) is 18.8. The van der Waals surface area contributed by atoms with Crippen molar-refractivity contribution < 1.29 is 18.0 Å². The molecule has 0 fully saturated rings. The van der Waals surface area contributed by atoms with E-state index in [9.17, 15) is 18.0 Å². The monoisotopic (exact) mass is 440 g/mol. The Bertz CT molecular complexity index is 1030. The first kappa shape index (κ1) is 22.9. The van der Waals surface area contributed by atoms with Crippen LogP contribution < -0.4 is 10.0 Å². The Balaban J connectivity index is 2.36. The molecule has 0 saturated heterocycles. The van der Waals surface area contributed by atoms with Gasteiger partial charge in [0.2, 0.25) is 0 Å². The Labute approximate surface area is 175 Å². The topological polar surface area (TPSA) is 110 Å². The van der Waals surface area contributed by atoms with Crippen molar-refractivity contribution in [2.24, 2.45) is 7.05 Å². The fourth-order valence-corrected chi connectivity index (χ4v) is 4.05. The number of hydrogen-bond donors (Lipinski definition) is 2. The zero-order chi connectivity index (χ0) is 22.1. The minimum absolute atomic E-state index is 0.0482. The van der Waals surface area contributed by atoms with Crippen LogP contribution in [-0.2, 0) is 17.1 Å². The summed E-state index contributed by atoms with van der Waals surface area (Å²) in [7, 11) is -2.81. The molecule has 2 rings (SSSR count). The van der Waals surface area contributed by atoms with E-state index >= 15 is 0 Å². The second-order valence-corrected chi connectivity index (χ2v) is 9.44. The predicted molar refractivity (Wildman–Crippen MR) is 112 cm³/mol. The van der Waals surface area contributed by atoms with Gasteiger partial charge in [-0.15, -0.1) is 0 Å². The van der Waals surface area contributed by atoms with Gasteiger partial charge < -0.3 is 5.32 Å². The predicted octanol–water partition coefficient (Wildman–Crippen LogP) is 4.03. The largest absolute Gasteiger partial charge is 0.333 e. The molecule has 0 aliphatic rings. The number of Topliss-reactive ketones (excluding diaryl/α,β-unsaturated/α-hetero) is 1. The van der Waals surface area contributed by atoms with Gasteiger partial charge in [-0.25, -0.2) is 9.52 Å². The number of carbonyl (C=O) groups excluding carboxylic acids is 2. The van der Waals surface area contributed by atoms with Gasteiger partial charge in [0.1, 0.15) is 5.69 Å². The first-order valence-electron chi connectivity index (χ1n) is 9.05. The highest BCUT2D eigenvalue weighted by Crippen LogP contribution is 2.35. The van der Waals surface area contributed by atoms with E-state index in [1.54, 1.807) is 12.1 Å². The van der Waals surface area contributed by atoms with Gasteiger partial charge in [0.25, 0.3) is 10.0 Å². The van der Waals surface area contributed by atoms with Gasteiger partial charge in [0.05, 0.1) is 0 Å². The molecule has 0 aliphatic heterocycles. The Hall–Kier alpha value is -2.39. The van der Waals surface area contributed by atoms with Gasteiger partial charge in [-0.1, -0.05) is 39.3 Å². The highest BCUT2D eigenvalue weighted by Gasteiger charge is 2.25. The fourth-order valence-electron chi connectivity index (χ4n) is 2.92. The van der Waals surface area contributed by atoms with Crippen LogP contribution in [0.5, 0.6) is 0 Å². The Kier molecular flexibility index (Phi) is 6.74. The summed E-state index contributed by atoms with van der Waals surface area (Å²) < 4.78 is 28.2. The average molecular weight is 441 g/mol. The van der Waals surface area contributed by atoms with Crippen LogP contribution in [0, 0.1) is 0 Å². The molecule has 0 aliphatic carbocycles. The Morgan fingerprint density at radius 1 is 1.07 bits per heavy atom. The number of nitrogens with zero attached hydrogens (tertiary/aromatic N) is 2. The smallest absolute Gasteiger partial charge is 0.307 e.